The lowest BCUT2D eigenvalue weighted by Crippen LogP contribution is -2.39. The lowest BCUT2D eigenvalue weighted by atomic mass is 10.2. The zero-order chi connectivity index (χ0) is 15.2. The van der Waals surface area contributed by atoms with Gasteiger partial charge in [-0.05, 0) is 32.2 Å². The topological polar surface area (TPSA) is 80.6 Å². The summed E-state index contributed by atoms with van der Waals surface area (Å²) in [6.45, 7) is 2.41. The van der Waals surface area contributed by atoms with Crippen LogP contribution in [0.1, 0.15) is 6.92 Å². The Morgan fingerprint density at radius 2 is 2.05 bits per heavy atom. The molecule has 0 fully saturated rings. The highest BCUT2D eigenvalue weighted by molar-refractivity contribution is 5.85. The Balaban J connectivity index is 0.00000242. The van der Waals surface area contributed by atoms with Gasteiger partial charge in [-0.25, -0.2) is 4.79 Å². The molecule has 0 saturated carbocycles. The summed E-state index contributed by atoms with van der Waals surface area (Å²) in [5.41, 5.74) is 0.0164. The highest BCUT2D eigenvalue weighted by Gasteiger charge is 2.06. The highest BCUT2D eigenvalue weighted by atomic mass is 35.5. The molecule has 1 amide bonds. The molecule has 0 aliphatic carbocycles. The summed E-state index contributed by atoms with van der Waals surface area (Å²) in [5, 5.41) is 6.57. The largest absolute Gasteiger partial charge is 0.484 e. The lowest BCUT2D eigenvalue weighted by Gasteiger charge is -2.12. The van der Waals surface area contributed by atoms with Gasteiger partial charge in [-0.2, -0.15) is 0 Å². The Hall–Kier alpha value is -2.05. The lowest BCUT2D eigenvalue weighted by molar-refractivity contribution is -0.123. The number of nitrogens with one attached hydrogen (secondary N) is 2. The first-order valence-electron chi connectivity index (χ1n) is 6.69. The average Bonchev–Trinajstić information content (AvgIpc) is 2.49. The Labute approximate surface area is 134 Å². The number of rotatable bonds is 6. The molecule has 1 aromatic heterocycles. The van der Waals surface area contributed by atoms with Crippen molar-refractivity contribution in [3.63, 3.8) is 0 Å². The molecule has 1 atom stereocenters. The van der Waals surface area contributed by atoms with Gasteiger partial charge in [-0.3, -0.25) is 4.79 Å². The average molecular weight is 327 g/mol. The van der Waals surface area contributed by atoms with Crippen molar-refractivity contribution in [2.45, 2.75) is 13.0 Å². The molecule has 0 spiro atoms. The van der Waals surface area contributed by atoms with Crippen molar-refractivity contribution in [3.05, 3.63) is 40.8 Å². The van der Waals surface area contributed by atoms with Crippen LogP contribution >= 0.6 is 12.4 Å². The first-order chi connectivity index (χ1) is 10.1. The van der Waals surface area contributed by atoms with Crippen LogP contribution in [0.5, 0.6) is 5.75 Å². The van der Waals surface area contributed by atoms with E-state index >= 15 is 0 Å². The normalized spacial score (nSPS) is 11.5. The van der Waals surface area contributed by atoms with Gasteiger partial charge in [-0.15, -0.1) is 12.4 Å². The van der Waals surface area contributed by atoms with Crippen LogP contribution in [-0.4, -0.2) is 32.1 Å². The van der Waals surface area contributed by atoms with Crippen molar-refractivity contribution in [2.24, 2.45) is 0 Å². The van der Waals surface area contributed by atoms with E-state index in [-0.39, 0.29) is 31.0 Å². The molecular weight excluding hydrogens is 308 g/mol. The highest BCUT2D eigenvalue weighted by Crippen LogP contribution is 2.19. The van der Waals surface area contributed by atoms with E-state index in [9.17, 15) is 9.59 Å². The molecule has 7 heteroatoms. The van der Waals surface area contributed by atoms with Crippen molar-refractivity contribution in [1.82, 2.24) is 10.6 Å². The minimum absolute atomic E-state index is 0. The van der Waals surface area contributed by atoms with Gasteiger partial charge < -0.3 is 19.8 Å². The van der Waals surface area contributed by atoms with E-state index < -0.39 is 5.63 Å². The zero-order valence-electron chi connectivity index (χ0n) is 12.4. The SMILES string of the molecule is CNC(C)CNC(=O)COc1ccc2ccc(=O)oc2c1.Cl. The molecular formula is C15H19ClN2O4. The second-order valence-electron chi connectivity index (χ2n) is 4.74. The summed E-state index contributed by atoms with van der Waals surface area (Å²) in [6.07, 6.45) is 0. The van der Waals surface area contributed by atoms with Gasteiger partial charge in [-0.1, -0.05) is 0 Å². The summed E-state index contributed by atoms with van der Waals surface area (Å²) >= 11 is 0. The second kappa shape index (κ2) is 8.41. The molecule has 1 heterocycles. The number of amides is 1. The predicted octanol–water partition coefficient (Wildman–Crippen LogP) is 1.32. The first-order valence-corrected chi connectivity index (χ1v) is 6.69. The van der Waals surface area contributed by atoms with Gasteiger partial charge >= 0.3 is 5.63 Å². The van der Waals surface area contributed by atoms with Crippen molar-refractivity contribution >= 4 is 29.3 Å². The van der Waals surface area contributed by atoms with E-state index in [0.717, 1.165) is 5.39 Å². The van der Waals surface area contributed by atoms with Crippen LogP contribution in [0.2, 0.25) is 0 Å². The number of hydrogen-bond donors (Lipinski definition) is 2. The van der Waals surface area contributed by atoms with Gasteiger partial charge in [0.05, 0.1) is 0 Å². The molecule has 0 bridgehead atoms. The standard InChI is InChI=1S/C15H18N2O4.ClH/c1-10(16-2)8-17-14(18)9-20-12-5-3-11-4-6-15(19)21-13(11)7-12;/h3-7,10,16H,8-9H2,1-2H3,(H,17,18);1H. The van der Waals surface area contributed by atoms with Crippen LogP contribution in [0.25, 0.3) is 11.0 Å². The smallest absolute Gasteiger partial charge is 0.336 e. The number of carbonyl (C=O) groups is 1. The number of hydrogen-bond acceptors (Lipinski definition) is 5. The molecule has 0 saturated heterocycles. The third-order valence-corrected chi connectivity index (χ3v) is 3.06. The molecule has 6 nitrogen and oxygen atoms in total. The van der Waals surface area contributed by atoms with Gasteiger partial charge in [0.1, 0.15) is 11.3 Å². The molecule has 2 N–H and O–H groups in total. The first kappa shape index (κ1) is 18.0. The molecule has 1 unspecified atom stereocenters. The van der Waals surface area contributed by atoms with Crippen molar-refractivity contribution in [1.29, 1.82) is 0 Å². The summed E-state index contributed by atoms with van der Waals surface area (Å²) in [7, 11) is 1.83. The molecule has 1 aromatic carbocycles. The van der Waals surface area contributed by atoms with Crippen LogP contribution in [0.3, 0.4) is 0 Å². The van der Waals surface area contributed by atoms with Crippen LogP contribution in [0.4, 0.5) is 0 Å². The van der Waals surface area contributed by atoms with Crippen LogP contribution in [0.15, 0.2) is 39.5 Å². The summed E-state index contributed by atoms with van der Waals surface area (Å²) in [5.74, 6) is 0.278. The molecule has 0 aliphatic heterocycles. The molecule has 0 radical (unpaired) electrons. The second-order valence-corrected chi connectivity index (χ2v) is 4.74. The predicted molar refractivity (Wildman–Crippen MR) is 86.8 cm³/mol. The molecule has 2 aromatic rings. The number of likely N-dealkylation sites (N-methyl/N-ethyl adjacent to an activating group) is 1. The van der Waals surface area contributed by atoms with Crippen molar-refractivity contribution < 1.29 is 13.9 Å². The molecule has 2 rings (SSSR count). The van der Waals surface area contributed by atoms with Gasteiger partial charge in [0.2, 0.25) is 0 Å². The van der Waals surface area contributed by atoms with E-state index in [1.165, 1.54) is 6.07 Å². The Kier molecular flexibility index (Phi) is 6.88. The maximum Gasteiger partial charge on any atom is 0.336 e. The fourth-order valence-electron chi connectivity index (χ4n) is 1.70. The monoisotopic (exact) mass is 326 g/mol. The van der Waals surface area contributed by atoms with Crippen molar-refractivity contribution in [3.8, 4) is 5.75 Å². The fraction of sp³-hybridized carbons (Fsp3) is 0.333. The number of halogens is 1. The summed E-state index contributed by atoms with van der Waals surface area (Å²) in [6, 6.07) is 8.33. The molecule has 120 valence electrons. The van der Waals surface area contributed by atoms with E-state index in [1.54, 1.807) is 24.3 Å². The number of carbonyl (C=O) groups excluding carboxylic acids is 1. The maximum atomic E-state index is 11.6. The Morgan fingerprint density at radius 3 is 2.77 bits per heavy atom. The van der Waals surface area contributed by atoms with Crippen LogP contribution < -0.4 is 21.0 Å². The number of fused-ring (bicyclic) bond motifs is 1. The van der Waals surface area contributed by atoms with Crippen LogP contribution in [0, 0.1) is 0 Å². The number of ether oxygens (including phenoxy) is 1. The zero-order valence-corrected chi connectivity index (χ0v) is 13.2. The molecule has 22 heavy (non-hydrogen) atoms. The Bertz CT molecular complexity index is 687. The number of benzene rings is 1. The minimum atomic E-state index is -0.418. The quantitative estimate of drug-likeness (QED) is 0.783. The van der Waals surface area contributed by atoms with E-state index in [4.69, 9.17) is 9.15 Å². The van der Waals surface area contributed by atoms with E-state index in [2.05, 4.69) is 10.6 Å². The maximum absolute atomic E-state index is 11.6. The van der Waals surface area contributed by atoms with E-state index in [0.29, 0.717) is 17.9 Å². The third kappa shape index (κ3) is 5.05. The van der Waals surface area contributed by atoms with Gasteiger partial charge in [0, 0.05) is 30.1 Å². The summed E-state index contributed by atoms with van der Waals surface area (Å²) in [4.78, 5) is 22.8. The van der Waals surface area contributed by atoms with E-state index in [1.807, 2.05) is 14.0 Å². The third-order valence-electron chi connectivity index (χ3n) is 3.06. The van der Waals surface area contributed by atoms with Gasteiger partial charge in [0.15, 0.2) is 6.61 Å². The summed E-state index contributed by atoms with van der Waals surface area (Å²) < 4.78 is 10.4. The van der Waals surface area contributed by atoms with Crippen molar-refractivity contribution in [2.75, 3.05) is 20.2 Å². The minimum Gasteiger partial charge on any atom is -0.484 e. The fourth-order valence-corrected chi connectivity index (χ4v) is 1.70. The van der Waals surface area contributed by atoms with Gasteiger partial charge in [0.25, 0.3) is 5.91 Å². The van der Waals surface area contributed by atoms with Crippen LogP contribution in [-0.2, 0) is 4.79 Å². The Morgan fingerprint density at radius 1 is 1.32 bits per heavy atom. The molecule has 0 aliphatic rings.